The molecule has 0 aromatic heterocycles. The van der Waals surface area contributed by atoms with Gasteiger partial charge in [0.05, 0.1) is 11.3 Å². The first kappa shape index (κ1) is 11.8. The van der Waals surface area contributed by atoms with Gasteiger partial charge in [0.2, 0.25) is 0 Å². The fourth-order valence-electron chi connectivity index (χ4n) is 0.966. The van der Waals surface area contributed by atoms with Crippen LogP contribution in [0.5, 0.6) is 0 Å². The molecule has 4 nitrogen and oxygen atoms in total. The van der Waals surface area contributed by atoms with Crippen molar-refractivity contribution in [3.8, 4) is 11.8 Å². The van der Waals surface area contributed by atoms with Crippen LogP contribution in [0, 0.1) is 23.5 Å². The molecule has 2 N–H and O–H groups in total. The summed E-state index contributed by atoms with van der Waals surface area (Å²) in [6.07, 6.45) is 0.287. The van der Waals surface area contributed by atoms with Gasteiger partial charge in [0.15, 0.2) is 0 Å². The van der Waals surface area contributed by atoms with Crippen molar-refractivity contribution in [3.05, 3.63) is 39.8 Å². The molecule has 0 aliphatic carbocycles. The minimum Gasteiger partial charge on any atom is -0.396 e. The van der Waals surface area contributed by atoms with E-state index in [9.17, 15) is 8.78 Å². The molecule has 0 bridgehead atoms. The summed E-state index contributed by atoms with van der Waals surface area (Å²) in [7, 11) is 0. The Morgan fingerprint density at radius 1 is 1.38 bits per heavy atom. The molecule has 82 valence electrons. The number of rotatable bonds is 2. The van der Waals surface area contributed by atoms with E-state index >= 15 is 0 Å². The Kier molecular flexibility index (Phi) is 4.13. The second-order valence-corrected chi connectivity index (χ2v) is 2.86. The number of halogens is 2. The molecule has 0 radical (unpaired) electrons. The van der Waals surface area contributed by atoms with Crippen molar-refractivity contribution in [1.82, 2.24) is 0 Å². The van der Waals surface area contributed by atoms with Crippen LogP contribution in [-0.2, 0) is 0 Å². The van der Waals surface area contributed by atoms with Gasteiger partial charge in [-0.15, -0.1) is 0 Å². The molecule has 0 unspecified atom stereocenters. The van der Waals surface area contributed by atoms with Gasteiger partial charge in [0.25, 0.3) is 0 Å². The molecular weight excluding hydrogens is 214 g/mol. The first-order chi connectivity index (χ1) is 7.65. The molecule has 1 rings (SSSR count). The highest BCUT2D eigenvalue weighted by Crippen LogP contribution is 2.15. The van der Waals surface area contributed by atoms with Crippen molar-refractivity contribution in [3.63, 3.8) is 0 Å². The van der Waals surface area contributed by atoms with E-state index in [2.05, 4.69) is 21.9 Å². The lowest BCUT2D eigenvalue weighted by Crippen LogP contribution is -1.94. The van der Waals surface area contributed by atoms with Crippen molar-refractivity contribution in [2.45, 2.75) is 6.42 Å². The van der Waals surface area contributed by atoms with E-state index < -0.39 is 11.6 Å². The van der Waals surface area contributed by atoms with E-state index in [1.807, 2.05) is 0 Å². The third-order valence-corrected chi connectivity index (χ3v) is 1.71. The molecule has 0 aliphatic heterocycles. The Hall–Kier alpha value is -2.25. The third-order valence-electron chi connectivity index (χ3n) is 1.71. The molecular formula is C10H8F2N4. The molecule has 0 aliphatic rings. The zero-order valence-electron chi connectivity index (χ0n) is 8.24. The van der Waals surface area contributed by atoms with Gasteiger partial charge >= 0.3 is 0 Å². The molecule has 6 heteroatoms. The highest BCUT2D eigenvalue weighted by atomic mass is 19.1. The van der Waals surface area contributed by atoms with E-state index in [0.717, 1.165) is 12.1 Å². The van der Waals surface area contributed by atoms with Gasteiger partial charge in [0, 0.05) is 23.9 Å². The van der Waals surface area contributed by atoms with Crippen molar-refractivity contribution in [1.29, 1.82) is 0 Å². The molecule has 0 amide bonds. The van der Waals surface area contributed by atoms with Gasteiger partial charge in [-0.1, -0.05) is 17.0 Å². The van der Waals surface area contributed by atoms with Crippen molar-refractivity contribution in [2.75, 3.05) is 12.3 Å². The Labute approximate surface area is 90.7 Å². The standard InChI is InChI=1S/C10H8F2N4/c11-8-6-10(13)9(12)5-7(8)3-1-2-4-15-16-14/h5-6H,2,4,13H2. The zero-order chi connectivity index (χ0) is 12.0. The number of nitrogens with two attached hydrogens (primary N) is 1. The molecule has 16 heavy (non-hydrogen) atoms. The van der Waals surface area contributed by atoms with Crippen LogP contribution in [0.3, 0.4) is 0 Å². The Balaban J connectivity index is 2.80. The van der Waals surface area contributed by atoms with Crippen LogP contribution in [0.15, 0.2) is 17.2 Å². The summed E-state index contributed by atoms with van der Waals surface area (Å²) >= 11 is 0. The van der Waals surface area contributed by atoms with Crippen LogP contribution in [0.1, 0.15) is 12.0 Å². The summed E-state index contributed by atoms with van der Waals surface area (Å²) in [5, 5.41) is 3.25. The first-order valence-electron chi connectivity index (χ1n) is 4.39. The van der Waals surface area contributed by atoms with Crippen molar-refractivity contribution < 1.29 is 8.78 Å². The SMILES string of the molecule is [N-]=[N+]=NCCC#Cc1cc(F)c(N)cc1F. The largest absolute Gasteiger partial charge is 0.396 e. The minimum atomic E-state index is -0.708. The van der Waals surface area contributed by atoms with E-state index in [1.165, 1.54) is 0 Å². The van der Waals surface area contributed by atoms with Gasteiger partial charge in [-0.3, -0.25) is 0 Å². The number of azide groups is 1. The Bertz CT molecular complexity index is 496. The average molecular weight is 222 g/mol. The van der Waals surface area contributed by atoms with Gasteiger partial charge in [-0.2, -0.15) is 0 Å². The average Bonchev–Trinajstić information content (AvgIpc) is 2.25. The highest BCUT2D eigenvalue weighted by Gasteiger charge is 2.04. The van der Waals surface area contributed by atoms with Crippen LogP contribution in [0.25, 0.3) is 10.4 Å². The van der Waals surface area contributed by atoms with E-state index in [0.29, 0.717) is 0 Å². The molecule has 1 aromatic rings. The van der Waals surface area contributed by atoms with Gasteiger partial charge in [-0.05, 0) is 11.6 Å². The van der Waals surface area contributed by atoms with Crippen LogP contribution in [-0.4, -0.2) is 6.54 Å². The van der Waals surface area contributed by atoms with Gasteiger partial charge in [-0.25, -0.2) is 8.78 Å². The van der Waals surface area contributed by atoms with E-state index in [-0.39, 0.29) is 24.2 Å². The van der Waals surface area contributed by atoms with Crippen molar-refractivity contribution >= 4 is 5.69 Å². The summed E-state index contributed by atoms with van der Waals surface area (Å²) in [6.45, 7) is 0.197. The summed E-state index contributed by atoms with van der Waals surface area (Å²) in [6, 6.07) is 1.82. The predicted octanol–water partition coefficient (Wildman–Crippen LogP) is 2.60. The van der Waals surface area contributed by atoms with Crippen LogP contribution < -0.4 is 5.73 Å². The lowest BCUT2D eigenvalue weighted by atomic mass is 10.2. The lowest BCUT2D eigenvalue weighted by Gasteiger charge is -1.98. The maximum Gasteiger partial charge on any atom is 0.147 e. The fourth-order valence-corrected chi connectivity index (χ4v) is 0.966. The summed E-state index contributed by atoms with van der Waals surface area (Å²) in [5.74, 6) is 3.62. The summed E-state index contributed by atoms with van der Waals surface area (Å²) in [4.78, 5) is 2.53. The second-order valence-electron chi connectivity index (χ2n) is 2.86. The third kappa shape index (κ3) is 3.15. The maximum atomic E-state index is 13.2. The fraction of sp³-hybridized carbons (Fsp3) is 0.200. The molecule has 1 aromatic carbocycles. The number of benzene rings is 1. The second kappa shape index (κ2) is 5.59. The predicted molar refractivity (Wildman–Crippen MR) is 56.3 cm³/mol. The summed E-state index contributed by atoms with van der Waals surface area (Å²) in [5.41, 5.74) is 12.8. The van der Waals surface area contributed by atoms with E-state index in [4.69, 9.17) is 11.3 Å². The van der Waals surface area contributed by atoms with Gasteiger partial charge in [0.1, 0.15) is 11.6 Å². The maximum absolute atomic E-state index is 13.2. The Morgan fingerprint density at radius 2 is 2.12 bits per heavy atom. The number of anilines is 1. The number of hydrogen-bond acceptors (Lipinski definition) is 2. The number of hydrogen-bond donors (Lipinski definition) is 1. The number of nitrogens with zero attached hydrogens (tertiary/aromatic N) is 3. The monoisotopic (exact) mass is 222 g/mol. The van der Waals surface area contributed by atoms with Crippen molar-refractivity contribution in [2.24, 2.45) is 5.11 Å². The molecule has 0 atom stereocenters. The van der Waals surface area contributed by atoms with Crippen LogP contribution in [0.2, 0.25) is 0 Å². The molecule has 0 spiro atoms. The lowest BCUT2D eigenvalue weighted by molar-refractivity contribution is 0.601. The summed E-state index contributed by atoms with van der Waals surface area (Å²) < 4.78 is 26.1. The quantitative estimate of drug-likeness (QED) is 0.205. The molecule has 0 heterocycles. The zero-order valence-corrected chi connectivity index (χ0v) is 8.24. The smallest absolute Gasteiger partial charge is 0.147 e. The van der Waals surface area contributed by atoms with Gasteiger partial charge < -0.3 is 5.73 Å². The molecule has 0 saturated heterocycles. The Morgan fingerprint density at radius 3 is 2.81 bits per heavy atom. The molecule has 0 fully saturated rings. The number of nitrogen functional groups attached to an aromatic ring is 1. The topological polar surface area (TPSA) is 74.8 Å². The minimum absolute atomic E-state index is 0.0624. The van der Waals surface area contributed by atoms with E-state index in [1.54, 1.807) is 0 Å². The first-order valence-corrected chi connectivity index (χ1v) is 4.39. The highest BCUT2D eigenvalue weighted by molar-refractivity contribution is 5.47. The van der Waals surface area contributed by atoms with Crippen LogP contribution >= 0.6 is 0 Å². The normalized spacial score (nSPS) is 8.88. The molecule has 0 saturated carbocycles. The van der Waals surface area contributed by atoms with Crippen LogP contribution in [0.4, 0.5) is 14.5 Å².